The normalized spacial score (nSPS) is 14.7. The predicted molar refractivity (Wildman–Crippen MR) is 99.1 cm³/mol. The van der Waals surface area contributed by atoms with Gasteiger partial charge in [0.05, 0.1) is 6.61 Å². The number of rotatable bonds is 5. The highest BCUT2D eigenvalue weighted by atomic mass is 16.6. The molecule has 0 spiro atoms. The van der Waals surface area contributed by atoms with E-state index in [1.807, 2.05) is 60.7 Å². The molecule has 1 saturated heterocycles. The zero-order valence-corrected chi connectivity index (χ0v) is 14.6. The van der Waals surface area contributed by atoms with Crippen molar-refractivity contribution in [2.75, 3.05) is 18.4 Å². The lowest BCUT2D eigenvalue weighted by molar-refractivity contribution is -0.140. The van der Waals surface area contributed by atoms with Gasteiger partial charge in [0.25, 0.3) is 0 Å². The molecule has 3 rings (SSSR count). The molecule has 136 valence electrons. The number of hydroxylamine groups is 1. The van der Waals surface area contributed by atoms with Crippen molar-refractivity contribution in [2.45, 2.75) is 19.4 Å². The van der Waals surface area contributed by atoms with Crippen LogP contribution in [0.4, 0.5) is 10.5 Å². The molecule has 1 heterocycles. The lowest BCUT2D eigenvalue weighted by atomic mass is 9.96. The largest absolute Gasteiger partial charge is 0.324 e. The van der Waals surface area contributed by atoms with Crippen LogP contribution in [-0.4, -0.2) is 29.9 Å². The number of anilines is 1. The first-order chi connectivity index (χ1) is 12.7. The summed E-state index contributed by atoms with van der Waals surface area (Å²) < 4.78 is 0. The molecule has 1 aliphatic heterocycles. The Bertz CT molecular complexity index is 714. The average molecular weight is 353 g/mol. The lowest BCUT2D eigenvalue weighted by Crippen LogP contribution is -2.44. The van der Waals surface area contributed by atoms with Gasteiger partial charge >= 0.3 is 6.03 Å². The number of amides is 3. The smallest absolute Gasteiger partial charge is 0.321 e. The first-order valence-corrected chi connectivity index (χ1v) is 8.79. The summed E-state index contributed by atoms with van der Waals surface area (Å²) in [4.78, 5) is 31.5. The van der Waals surface area contributed by atoms with Crippen LogP contribution in [-0.2, 0) is 16.2 Å². The van der Waals surface area contributed by atoms with E-state index in [9.17, 15) is 9.59 Å². The van der Waals surface area contributed by atoms with Gasteiger partial charge in [0.2, 0.25) is 5.91 Å². The van der Waals surface area contributed by atoms with E-state index in [4.69, 9.17) is 4.84 Å². The van der Waals surface area contributed by atoms with E-state index in [1.165, 1.54) is 0 Å². The van der Waals surface area contributed by atoms with Crippen molar-refractivity contribution in [3.63, 3.8) is 0 Å². The molecule has 0 atom stereocenters. The van der Waals surface area contributed by atoms with Crippen LogP contribution in [0.15, 0.2) is 60.7 Å². The third-order valence-electron chi connectivity index (χ3n) is 4.43. The van der Waals surface area contributed by atoms with Gasteiger partial charge in [-0.15, -0.1) is 0 Å². The van der Waals surface area contributed by atoms with Gasteiger partial charge in [-0.2, -0.15) is 0 Å². The number of benzene rings is 2. The third kappa shape index (κ3) is 5.07. The number of hydrogen-bond acceptors (Lipinski definition) is 3. The number of nitrogens with one attached hydrogen (secondary N) is 2. The summed E-state index contributed by atoms with van der Waals surface area (Å²) in [5.41, 5.74) is 4.30. The Hall–Kier alpha value is -2.86. The minimum Gasteiger partial charge on any atom is -0.324 e. The molecule has 0 radical (unpaired) electrons. The predicted octanol–water partition coefficient (Wildman–Crippen LogP) is 3.18. The Kier molecular flexibility index (Phi) is 6.22. The second-order valence-corrected chi connectivity index (χ2v) is 6.30. The molecule has 0 bridgehead atoms. The molecule has 6 nitrogen and oxygen atoms in total. The summed E-state index contributed by atoms with van der Waals surface area (Å²) in [7, 11) is 0. The molecular weight excluding hydrogens is 330 g/mol. The number of carbonyl (C=O) groups is 2. The van der Waals surface area contributed by atoms with Crippen LogP contribution in [0.1, 0.15) is 18.4 Å². The molecule has 26 heavy (non-hydrogen) atoms. The van der Waals surface area contributed by atoms with Crippen molar-refractivity contribution in [1.82, 2.24) is 10.4 Å². The van der Waals surface area contributed by atoms with Crippen molar-refractivity contribution in [3.05, 3.63) is 66.2 Å². The average Bonchev–Trinajstić information content (AvgIpc) is 2.69. The molecule has 0 aromatic heterocycles. The first-order valence-electron chi connectivity index (χ1n) is 8.79. The van der Waals surface area contributed by atoms with Crippen molar-refractivity contribution in [2.24, 2.45) is 5.92 Å². The van der Waals surface area contributed by atoms with Crippen molar-refractivity contribution < 1.29 is 14.4 Å². The highest BCUT2D eigenvalue weighted by Crippen LogP contribution is 2.18. The van der Waals surface area contributed by atoms with Gasteiger partial charge in [0.15, 0.2) is 0 Å². The summed E-state index contributed by atoms with van der Waals surface area (Å²) in [6.45, 7) is 1.44. The molecule has 1 fully saturated rings. The number of nitrogens with zero attached hydrogens (tertiary/aromatic N) is 1. The van der Waals surface area contributed by atoms with Crippen LogP contribution >= 0.6 is 0 Å². The number of para-hydroxylation sites is 1. The first kappa shape index (κ1) is 17.9. The van der Waals surface area contributed by atoms with Gasteiger partial charge in [-0.25, -0.2) is 10.3 Å². The van der Waals surface area contributed by atoms with Gasteiger partial charge < -0.3 is 10.2 Å². The minimum atomic E-state index is -0.133. The zero-order valence-electron chi connectivity index (χ0n) is 14.6. The van der Waals surface area contributed by atoms with Crippen molar-refractivity contribution in [1.29, 1.82) is 0 Å². The molecule has 2 aromatic carbocycles. The highest BCUT2D eigenvalue weighted by molar-refractivity contribution is 5.89. The molecule has 0 saturated carbocycles. The topological polar surface area (TPSA) is 70.7 Å². The quantitative estimate of drug-likeness (QED) is 0.811. The maximum atomic E-state index is 12.3. The van der Waals surface area contributed by atoms with Gasteiger partial charge in [-0.05, 0) is 30.5 Å². The maximum Gasteiger partial charge on any atom is 0.321 e. The van der Waals surface area contributed by atoms with E-state index < -0.39 is 0 Å². The van der Waals surface area contributed by atoms with Crippen molar-refractivity contribution >= 4 is 17.6 Å². The lowest BCUT2D eigenvalue weighted by Gasteiger charge is -2.31. The Balaban J connectivity index is 1.38. The highest BCUT2D eigenvalue weighted by Gasteiger charge is 2.27. The summed E-state index contributed by atoms with van der Waals surface area (Å²) >= 11 is 0. The summed E-state index contributed by atoms with van der Waals surface area (Å²) in [6.07, 6.45) is 1.26. The fraction of sp³-hybridized carbons (Fsp3) is 0.300. The van der Waals surface area contributed by atoms with Crippen LogP contribution in [0.25, 0.3) is 0 Å². The Morgan fingerprint density at radius 1 is 0.962 bits per heavy atom. The number of hydrogen-bond donors (Lipinski definition) is 2. The number of carbonyl (C=O) groups excluding carboxylic acids is 2. The zero-order chi connectivity index (χ0) is 18.2. The molecule has 0 aliphatic carbocycles. The van der Waals surface area contributed by atoms with Gasteiger partial charge in [0, 0.05) is 24.7 Å². The second-order valence-electron chi connectivity index (χ2n) is 6.30. The Morgan fingerprint density at radius 2 is 1.58 bits per heavy atom. The second kappa shape index (κ2) is 9.01. The minimum absolute atomic E-state index is 0.121. The summed E-state index contributed by atoms with van der Waals surface area (Å²) in [5.74, 6) is -0.254. The van der Waals surface area contributed by atoms with E-state index in [0.29, 0.717) is 32.5 Å². The molecule has 3 amide bonds. The van der Waals surface area contributed by atoms with Crippen LogP contribution in [0.3, 0.4) is 0 Å². The van der Waals surface area contributed by atoms with E-state index in [2.05, 4.69) is 10.8 Å². The van der Waals surface area contributed by atoms with Gasteiger partial charge in [-0.3, -0.25) is 9.63 Å². The van der Waals surface area contributed by atoms with E-state index in [0.717, 1.165) is 11.3 Å². The number of likely N-dealkylation sites (tertiary alicyclic amines) is 1. The van der Waals surface area contributed by atoms with Gasteiger partial charge in [-0.1, -0.05) is 48.5 Å². The monoisotopic (exact) mass is 353 g/mol. The number of urea groups is 1. The molecular formula is C20H23N3O3. The SMILES string of the molecule is O=C(NOCc1ccccc1)C1CCN(C(=O)Nc2ccccc2)CC1. The number of piperidine rings is 1. The fourth-order valence-corrected chi connectivity index (χ4v) is 2.92. The van der Waals surface area contributed by atoms with Crippen LogP contribution < -0.4 is 10.8 Å². The Morgan fingerprint density at radius 3 is 2.23 bits per heavy atom. The van der Waals surface area contributed by atoms with Crippen molar-refractivity contribution in [3.8, 4) is 0 Å². The van der Waals surface area contributed by atoms with Crippen LogP contribution in [0.2, 0.25) is 0 Å². The van der Waals surface area contributed by atoms with Crippen LogP contribution in [0, 0.1) is 5.92 Å². The van der Waals surface area contributed by atoms with E-state index in [1.54, 1.807) is 4.90 Å². The van der Waals surface area contributed by atoms with E-state index in [-0.39, 0.29) is 17.9 Å². The standard InChI is InChI=1S/C20H23N3O3/c24-19(22-26-15-16-7-3-1-4-8-16)17-11-13-23(14-12-17)20(25)21-18-9-5-2-6-10-18/h1-10,17H,11-15H2,(H,21,25)(H,22,24). The third-order valence-corrected chi connectivity index (χ3v) is 4.43. The summed E-state index contributed by atoms with van der Waals surface area (Å²) in [5, 5.41) is 2.87. The van der Waals surface area contributed by atoms with Crippen LogP contribution in [0.5, 0.6) is 0 Å². The molecule has 2 aromatic rings. The molecule has 0 unspecified atom stereocenters. The van der Waals surface area contributed by atoms with E-state index >= 15 is 0 Å². The Labute approximate surface area is 153 Å². The van der Waals surface area contributed by atoms with Gasteiger partial charge in [0.1, 0.15) is 0 Å². The molecule has 6 heteroatoms. The fourth-order valence-electron chi connectivity index (χ4n) is 2.92. The summed E-state index contributed by atoms with van der Waals surface area (Å²) in [6, 6.07) is 18.9. The molecule has 1 aliphatic rings. The maximum absolute atomic E-state index is 12.3. The molecule has 2 N–H and O–H groups in total.